The van der Waals surface area contributed by atoms with Crippen LogP contribution >= 0.6 is 34.4 Å². The van der Waals surface area contributed by atoms with Crippen LogP contribution in [0.3, 0.4) is 0 Å². The number of allylic oxidation sites excluding steroid dienone is 1. The highest BCUT2D eigenvalue weighted by atomic mass is 32.2. The highest BCUT2D eigenvalue weighted by Crippen LogP contribution is 2.38. The van der Waals surface area contributed by atoms with Crippen molar-refractivity contribution in [3.05, 3.63) is 61.8 Å². The molecule has 4 rings (SSSR count). The van der Waals surface area contributed by atoms with Crippen molar-refractivity contribution in [2.24, 2.45) is 4.99 Å². The standard InChI is InChI=1S/C26H28N4O6S3/c1-3-12-29-18-11-10-16(30(34)35)13-20(18)39-26(29)28-22(32)15-37-14-21(31)27-24-23(25(33)36-4-2)17-8-6-5-7-9-19(17)38-24/h3,10-11,13H,1,4-9,12,14-15H2,2H3,(H,27,31). The lowest BCUT2D eigenvalue weighted by Crippen LogP contribution is -2.19. The number of nitrogens with one attached hydrogen (secondary N) is 1. The molecule has 1 aliphatic rings. The summed E-state index contributed by atoms with van der Waals surface area (Å²) in [4.78, 5) is 54.4. The fourth-order valence-corrected chi connectivity index (χ4v) is 7.33. The molecule has 2 amide bonds. The van der Waals surface area contributed by atoms with Crippen LogP contribution in [0.15, 0.2) is 35.8 Å². The van der Waals surface area contributed by atoms with E-state index in [9.17, 15) is 24.5 Å². The van der Waals surface area contributed by atoms with Crippen LogP contribution in [0.4, 0.5) is 10.7 Å². The summed E-state index contributed by atoms with van der Waals surface area (Å²) in [7, 11) is 0. The maximum atomic E-state index is 12.7. The molecule has 2 heterocycles. The van der Waals surface area contributed by atoms with E-state index in [4.69, 9.17) is 4.74 Å². The minimum atomic E-state index is -0.469. The lowest BCUT2D eigenvalue weighted by Gasteiger charge is -2.08. The van der Waals surface area contributed by atoms with Gasteiger partial charge in [0, 0.05) is 23.6 Å². The lowest BCUT2D eigenvalue weighted by molar-refractivity contribution is -0.384. The number of thiophene rings is 1. The van der Waals surface area contributed by atoms with Gasteiger partial charge in [0.15, 0.2) is 4.80 Å². The molecule has 39 heavy (non-hydrogen) atoms. The number of benzene rings is 1. The monoisotopic (exact) mass is 588 g/mol. The van der Waals surface area contributed by atoms with Gasteiger partial charge in [0.2, 0.25) is 5.91 Å². The van der Waals surface area contributed by atoms with E-state index in [0.29, 0.717) is 26.6 Å². The Morgan fingerprint density at radius 2 is 2.03 bits per heavy atom. The van der Waals surface area contributed by atoms with Gasteiger partial charge in [-0.2, -0.15) is 4.99 Å². The van der Waals surface area contributed by atoms with Crippen LogP contribution in [0, 0.1) is 10.1 Å². The molecule has 0 saturated heterocycles. The number of nitro benzene ring substituents is 1. The van der Waals surface area contributed by atoms with Crippen LogP contribution in [0.2, 0.25) is 0 Å². The van der Waals surface area contributed by atoms with Gasteiger partial charge in [-0.15, -0.1) is 29.7 Å². The molecule has 0 aliphatic heterocycles. The number of thioether (sulfide) groups is 1. The van der Waals surface area contributed by atoms with Gasteiger partial charge in [-0.1, -0.05) is 23.8 Å². The van der Waals surface area contributed by atoms with E-state index in [1.807, 2.05) is 0 Å². The summed E-state index contributed by atoms with van der Waals surface area (Å²) in [5.74, 6) is -1.18. The number of fused-ring (bicyclic) bond motifs is 2. The van der Waals surface area contributed by atoms with Crippen molar-refractivity contribution in [3.63, 3.8) is 0 Å². The zero-order chi connectivity index (χ0) is 27.9. The fourth-order valence-electron chi connectivity index (χ4n) is 4.35. The Bertz CT molecular complexity index is 1500. The number of hydrogen-bond donors (Lipinski definition) is 1. The number of thiazole rings is 1. The third kappa shape index (κ3) is 6.84. The third-order valence-corrected chi connectivity index (χ3v) is 9.19. The van der Waals surface area contributed by atoms with Crippen molar-refractivity contribution < 1.29 is 24.0 Å². The molecule has 2 aromatic heterocycles. The number of anilines is 1. The van der Waals surface area contributed by atoms with E-state index in [-0.39, 0.29) is 29.7 Å². The van der Waals surface area contributed by atoms with Gasteiger partial charge in [-0.05, 0) is 44.2 Å². The quantitative estimate of drug-likeness (QED) is 0.114. The second-order valence-corrected chi connectivity index (χ2v) is 11.8. The summed E-state index contributed by atoms with van der Waals surface area (Å²) in [6, 6.07) is 4.50. The van der Waals surface area contributed by atoms with Crippen molar-refractivity contribution in [2.75, 3.05) is 23.4 Å². The molecule has 13 heteroatoms. The highest BCUT2D eigenvalue weighted by molar-refractivity contribution is 8.00. The molecular formula is C26H28N4O6S3. The van der Waals surface area contributed by atoms with E-state index in [0.717, 1.165) is 59.8 Å². The minimum absolute atomic E-state index is 0.0113. The lowest BCUT2D eigenvalue weighted by atomic mass is 10.1. The number of amides is 2. The van der Waals surface area contributed by atoms with Crippen LogP contribution in [-0.2, 0) is 33.7 Å². The maximum absolute atomic E-state index is 12.7. The van der Waals surface area contributed by atoms with Crippen molar-refractivity contribution in [1.29, 1.82) is 0 Å². The molecule has 1 aromatic carbocycles. The summed E-state index contributed by atoms with van der Waals surface area (Å²) < 4.78 is 7.67. The van der Waals surface area contributed by atoms with E-state index < -0.39 is 16.8 Å². The Balaban J connectivity index is 1.43. The van der Waals surface area contributed by atoms with E-state index in [1.54, 1.807) is 23.6 Å². The van der Waals surface area contributed by atoms with Crippen molar-refractivity contribution in [3.8, 4) is 0 Å². The molecule has 3 aromatic rings. The van der Waals surface area contributed by atoms with Crippen LogP contribution in [0.25, 0.3) is 10.2 Å². The number of ether oxygens (including phenoxy) is 1. The number of carbonyl (C=O) groups is 3. The number of nitro groups is 1. The average Bonchev–Trinajstić information content (AvgIpc) is 3.31. The maximum Gasteiger partial charge on any atom is 0.341 e. The zero-order valence-corrected chi connectivity index (χ0v) is 23.8. The first-order valence-corrected chi connectivity index (χ1v) is 15.3. The molecule has 0 bridgehead atoms. The van der Waals surface area contributed by atoms with Crippen molar-refractivity contribution in [2.45, 2.75) is 45.6 Å². The number of non-ortho nitro benzene ring substituents is 1. The first-order chi connectivity index (χ1) is 18.8. The molecule has 0 atom stereocenters. The second-order valence-electron chi connectivity index (χ2n) is 8.73. The number of hydrogen-bond acceptors (Lipinski definition) is 9. The molecule has 0 saturated carbocycles. The predicted octanol–water partition coefficient (Wildman–Crippen LogP) is 5.10. The Labute approximate surface area is 236 Å². The van der Waals surface area contributed by atoms with Crippen molar-refractivity contribution in [1.82, 2.24) is 4.57 Å². The number of aryl methyl sites for hydroxylation is 1. The molecule has 206 valence electrons. The number of nitrogens with zero attached hydrogens (tertiary/aromatic N) is 3. The Morgan fingerprint density at radius 3 is 2.77 bits per heavy atom. The van der Waals surface area contributed by atoms with Crippen LogP contribution < -0.4 is 10.1 Å². The minimum Gasteiger partial charge on any atom is -0.462 e. The van der Waals surface area contributed by atoms with E-state index >= 15 is 0 Å². The highest BCUT2D eigenvalue weighted by Gasteiger charge is 2.26. The number of esters is 1. The molecule has 0 spiro atoms. The normalized spacial score (nSPS) is 13.5. The first kappa shape index (κ1) is 28.7. The van der Waals surface area contributed by atoms with Gasteiger partial charge in [0.1, 0.15) is 5.00 Å². The summed E-state index contributed by atoms with van der Waals surface area (Å²) in [6.45, 7) is 6.12. The fraction of sp³-hybridized carbons (Fsp3) is 0.385. The van der Waals surface area contributed by atoms with Gasteiger partial charge in [0.05, 0.1) is 38.8 Å². The summed E-state index contributed by atoms with van der Waals surface area (Å²) in [6.07, 6.45) is 6.48. The first-order valence-electron chi connectivity index (χ1n) is 12.5. The molecule has 1 N–H and O–H groups in total. The summed E-state index contributed by atoms with van der Waals surface area (Å²) in [5, 5.41) is 14.5. The molecule has 10 nitrogen and oxygen atoms in total. The third-order valence-electron chi connectivity index (χ3n) is 6.02. The van der Waals surface area contributed by atoms with E-state index in [1.165, 1.54) is 34.8 Å². The van der Waals surface area contributed by atoms with Crippen LogP contribution in [-0.4, -0.2) is 45.4 Å². The van der Waals surface area contributed by atoms with Gasteiger partial charge in [-0.3, -0.25) is 19.7 Å². The molecule has 0 unspecified atom stereocenters. The number of rotatable bonds is 10. The summed E-state index contributed by atoms with van der Waals surface area (Å²) in [5.41, 5.74) is 2.12. The second kappa shape index (κ2) is 13.2. The van der Waals surface area contributed by atoms with Crippen LogP contribution in [0.5, 0.6) is 0 Å². The van der Waals surface area contributed by atoms with Gasteiger partial charge >= 0.3 is 5.97 Å². The number of aromatic nitrogens is 1. The molecular weight excluding hydrogens is 561 g/mol. The largest absolute Gasteiger partial charge is 0.462 e. The zero-order valence-electron chi connectivity index (χ0n) is 21.4. The van der Waals surface area contributed by atoms with Gasteiger partial charge < -0.3 is 14.6 Å². The Kier molecular flexibility index (Phi) is 9.70. The smallest absolute Gasteiger partial charge is 0.341 e. The molecule has 0 radical (unpaired) electrons. The number of carbonyl (C=O) groups excluding carboxylic acids is 3. The molecule has 1 aliphatic carbocycles. The topological polar surface area (TPSA) is 133 Å². The predicted molar refractivity (Wildman–Crippen MR) is 155 cm³/mol. The van der Waals surface area contributed by atoms with E-state index in [2.05, 4.69) is 16.9 Å². The van der Waals surface area contributed by atoms with Gasteiger partial charge in [-0.25, -0.2) is 4.79 Å². The SMILES string of the molecule is C=CCn1c(=NC(=O)CSCC(=O)Nc2sc3c(c2C(=O)OCC)CCCCC3)sc2cc([N+](=O)[O-])ccc21. The summed E-state index contributed by atoms with van der Waals surface area (Å²) >= 11 is 3.73. The molecule has 0 fully saturated rings. The Hall–Kier alpha value is -3.29. The Morgan fingerprint density at radius 1 is 1.23 bits per heavy atom. The van der Waals surface area contributed by atoms with Crippen molar-refractivity contribution >= 4 is 73.1 Å². The average molecular weight is 589 g/mol. The van der Waals surface area contributed by atoms with Gasteiger partial charge in [0.25, 0.3) is 11.6 Å². The van der Waals surface area contributed by atoms with Crippen LogP contribution in [0.1, 0.15) is 47.0 Å².